The Bertz CT molecular complexity index is 518. The number of rotatable bonds is 2. The number of nitrogens with zero attached hydrogens (tertiary/aromatic N) is 1. The van der Waals surface area contributed by atoms with Crippen molar-refractivity contribution in [3.05, 3.63) is 45.2 Å². The molecule has 0 fully saturated rings. The molecule has 15 heavy (non-hydrogen) atoms. The molecule has 78 valence electrons. The lowest BCUT2D eigenvalue weighted by Crippen LogP contribution is -2.01. The van der Waals surface area contributed by atoms with Crippen LogP contribution < -0.4 is 5.56 Å². The summed E-state index contributed by atoms with van der Waals surface area (Å²) in [6.07, 6.45) is 0. The molecule has 0 unspecified atom stereocenters. The van der Waals surface area contributed by atoms with Crippen molar-refractivity contribution in [1.82, 2.24) is 9.78 Å². The fourth-order valence-electron chi connectivity index (χ4n) is 1.21. The third-order valence-corrected chi connectivity index (χ3v) is 4.10. The van der Waals surface area contributed by atoms with Crippen molar-refractivity contribution in [1.29, 1.82) is 0 Å². The van der Waals surface area contributed by atoms with Crippen LogP contribution in [0.2, 0.25) is 0 Å². The second-order valence-corrected chi connectivity index (χ2v) is 4.89. The molecule has 0 saturated heterocycles. The SMILES string of the molecule is Cn1[nH]c(=O)c(Br)c1Sc1ccccc1. The van der Waals surface area contributed by atoms with E-state index >= 15 is 0 Å². The number of aromatic amines is 1. The first kappa shape index (κ1) is 10.6. The van der Waals surface area contributed by atoms with Gasteiger partial charge in [-0.1, -0.05) is 30.0 Å². The molecule has 1 aromatic carbocycles. The molecule has 0 amide bonds. The Kier molecular flexibility index (Phi) is 3.02. The smallest absolute Gasteiger partial charge is 0.279 e. The van der Waals surface area contributed by atoms with Crippen molar-refractivity contribution < 1.29 is 0 Å². The summed E-state index contributed by atoms with van der Waals surface area (Å²) >= 11 is 4.82. The van der Waals surface area contributed by atoms with Gasteiger partial charge in [0.15, 0.2) is 0 Å². The maximum atomic E-state index is 11.3. The van der Waals surface area contributed by atoms with Crippen molar-refractivity contribution >= 4 is 27.7 Å². The normalized spacial score (nSPS) is 10.5. The summed E-state index contributed by atoms with van der Waals surface area (Å²) in [6, 6.07) is 9.93. The molecule has 0 aliphatic carbocycles. The Labute approximate surface area is 99.6 Å². The van der Waals surface area contributed by atoms with E-state index in [0.717, 1.165) is 9.92 Å². The van der Waals surface area contributed by atoms with Crippen molar-refractivity contribution in [2.75, 3.05) is 0 Å². The summed E-state index contributed by atoms with van der Waals surface area (Å²) in [5.41, 5.74) is -0.101. The molecule has 0 atom stereocenters. The van der Waals surface area contributed by atoms with Gasteiger partial charge in [-0.25, -0.2) is 0 Å². The first-order chi connectivity index (χ1) is 7.18. The number of hydrogen-bond donors (Lipinski definition) is 1. The number of nitrogens with one attached hydrogen (secondary N) is 1. The highest BCUT2D eigenvalue weighted by Gasteiger charge is 2.10. The molecule has 3 nitrogen and oxygen atoms in total. The van der Waals surface area contributed by atoms with Gasteiger partial charge in [0.2, 0.25) is 0 Å². The fraction of sp³-hybridized carbons (Fsp3) is 0.100. The topological polar surface area (TPSA) is 37.8 Å². The highest BCUT2D eigenvalue weighted by Crippen LogP contribution is 2.30. The number of benzene rings is 1. The van der Waals surface area contributed by atoms with Gasteiger partial charge < -0.3 is 0 Å². The summed E-state index contributed by atoms with van der Waals surface area (Å²) in [4.78, 5) is 12.4. The minimum Gasteiger partial charge on any atom is -0.280 e. The molecule has 0 aliphatic heterocycles. The fourth-order valence-corrected chi connectivity index (χ4v) is 2.69. The van der Waals surface area contributed by atoms with Crippen molar-refractivity contribution in [2.24, 2.45) is 7.05 Å². The van der Waals surface area contributed by atoms with Crippen molar-refractivity contribution in [3.8, 4) is 0 Å². The Morgan fingerprint density at radius 2 is 2.00 bits per heavy atom. The van der Waals surface area contributed by atoms with E-state index in [1.54, 1.807) is 16.4 Å². The summed E-state index contributed by atoms with van der Waals surface area (Å²) in [5, 5.41) is 3.57. The van der Waals surface area contributed by atoms with Gasteiger partial charge in [0.25, 0.3) is 5.56 Å². The maximum Gasteiger partial charge on any atom is 0.279 e. The van der Waals surface area contributed by atoms with E-state index in [-0.39, 0.29) is 5.56 Å². The lowest BCUT2D eigenvalue weighted by Gasteiger charge is -2.02. The van der Waals surface area contributed by atoms with Crippen LogP contribution in [0.1, 0.15) is 0 Å². The molecular weight excluding hydrogens is 276 g/mol. The molecule has 2 rings (SSSR count). The first-order valence-electron chi connectivity index (χ1n) is 4.36. The third-order valence-electron chi connectivity index (χ3n) is 1.92. The summed E-state index contributed by atoms with van der Waals surface area (Å²) < 4.78 is 2.29. The van der Waals surface area contributed by atoms with Crippen LogP contribution in [0.4, 0.5) is 0 Å². The van der Waals surface area contributed by atoms with Crippen LogP contribution in [0.25, 0.3) is 0 Å². The number of H-pyrrole nitrogens is 1. The lowest BCUT2D eigenvalue weighted by atomic mass is 10.4. The predicted molar refractivity (Wildman–Crippen MR) is 64.3 cm³/mol. The lowest BCUT2D eigenvalue weighted by molar-refractivity contribution is 0.691. The van der Waals surface area contributed by atoms with Crippen molar-refractivity contribution in [3.63, 3.8) is 0 Å². The number of aryl methyl sites for hydroxylation is 1. The van der Waals surface area contributed by atoms with Crippen LogP contribution in [-0.4, -0.2) is 9.78 Å². The molecule has 1 N–H and O–H groups in total. The van der Waals surface area contributed by atoms with Gasteiger partial charge in [-0.05, 0) is 28.1 Å². The Morgan fingerprint density at radius 3 is 2.53 bits per heavy atom. The molecule has 1 heterocycles. The van der Waals surface area contributed by atoms with E-state index in [4.69, 9.17) is 0 Å². The van der Waals surface area contributed by atoms with Crippen molar-refractivity contribution in [2.45, 2.75) is 9.92 Å². The third kappa shape index (κ3) is 2.18. The Balaban J connectivity index is 2.36. The van der Waals surface area contributed by atoms with E-state index in [1.165, 1.54) is 0 Å². The molecule has 0 bridgehead atoms. The quantitative estimate of drug-likeness (QED) is 0.921. The monoisotopic (exact) mass is 284 g/mol. The Hall–Kier alpha value is -0.940. The molecule has 0 spiro atoms. The number of halogens is 1. The van der Waals surface area contributed by atoms with E-state index in [0.29, 0.717) is 4.47 Å². The highest BCUT2D eigenvalue weighted by atomic mass is 79.9. The van der Waals surface area contributed by atoms with E-state index in [9.17, 15) is 4.79 Å². The zero-order valence-corrected chi connectivity index (χ0v) is 10.4. The van der Waals surface area contributed by atoms with Gasteiger partial charge in [0.1, 0.15) is 9.50 Å². The molecule has 0 radical (unpaired) electrons. The molecule has 0 saturated carbocycles. The van der Waals surface area contributed by atoms with Gasteiger partial charge in [0.05, 0.1) is 0 Å². The van der Waals surface area contributed by atoms with Crippen LogP contribution >= 0.6 is 27.7 Å². The van der Waals surface area contributed by atoms with E-state index in [2.05, 4.69) is 21.0 Å². The van der Waals surface area contributed by atoms with Gasteiger partial charge in [-0.3, -0.25) is 14.6 Å². The molecular formula is C10H9BrN2OS. The average Bonchev–Trinajstić information content (AvgIpc) is 2.47. The molecule has 1 aromatic heterocycles. The molecule has 0 aliphatic rings. The van der Waals surface area contributed by atoms with Crippen LogP contribution in [0, 0.1) is 0 Å². The first-order valence-corrected chi connectivity index (χ1v) is 5.97. The number of aromatic nitrogens is 2. The average molecular weight is 285 g/mol. The summed E-state index contributed by atoms with van der Waals surface area (Å²) in [5.74, 6) is 0. The minimum atomic E-state index is -0.101. The standard InChI is InChI=1S/C10H9BrN2OS/c1-13-10(8(11)9(14)12-13)15-7-5-3-2-4-6-7/h2-6H,1H3,(H,12,14). The minimum absolute atomic E-state index is 0.101. The largest absolute Gasteiger partial charge is 0.280 e. The summed E-state index contributed by atoms with van der Waals surface area (Å²) in [7, 11) is 1.82. The van der Waals surface area contributed by atoms with Crippen LogP contribution in [-0.2, 0) is 7.05 Å². The van der Waals surface area contributed by atoms with Gasteiger partial charge in [-0.15, -0.1) is 0 Å². The van der Waals surface area contributed by atoms with Gasteiger partial charge >= 0.3 is 0 Å². The molecule has 2 aromatic rings. The van der Waals surface area contributed by atoms with E-state index in [1.807, 2.05) is 37.4 Å². The predicted octanol–water partition coefficient (Wildman–Crippen LogP) is 2.63. The van der Waals surface area contributed by atoms with Crippen LogP contribution in [0.3, 0.4) is 0 Å². The summed E-state index contributed by atoms with van der Waals surface area (Å²) in [6.45, 7) is 0. The van der Waals surface area contributed by atoms with Gasteiger partial charge in [0, 0.05) is 11.9 Å². The second-order valence-electron chi connectivity index (χ2n) is 3.03. The molecule has 5 heteroatoms. The van der Waals surface area contributed by atoms with Crippen LogP contribution in [0.15, 0.2) is 49.5 Å². The number of hydrogen-bond acceptors (Lipinski definition) is 2. The van der Waals surface area contributed by atoms with Gasteiger partial charge in [-0.2, -0.15) is 0 Å². The zero-order chi connectivity index (χ0) is 10.8. The second kappa shape index (κ2) is 4.28. The zero-order valence-electron chi connectivity index (χ0n) is 8.03. The van der Waals surface area contributed by atoms with Crippen LogP contribution in [0.5, 0.6) is 0 Å². The highest BCUT2D eigenvalue weighted by molar-refractivity contribution is 9.10. The van der Waals surface area contributed by atoms with E-state index < -0.39 is 0 Å². The maximum absolute atomic E-state index is 11.3. The Morgan fingerprint density at radius 1 is 1.33 bits per heavy atom.